The minimum Gasteiger partial charge on any atom is -0.497 e. The van der Waals surface area contributed by atoms with Crippen LogP contribution in [0.5, 0.6) is 5.75 Å². The average Bonchev–Trinajstić information content (AvgIpc) is 3.09. The van der Waals surface area contributed by atoms with Gasteiger partial charge in [0.15, 0.2) is 5.96 Å². The molecule has 0 atom stereocenters. The van der Waals surface area contributed by atoms with Crippen LogP contribution in [0.1, 0.15) is 10.6 Å². The van der Waals surface area contributed by atoms with Crippen molar-refractivity contribution in [1.29, 1.82) is 0 Å². The summed E-state index contributed by atoms with van der Waals surface area (Å²) in [5.41, 5.74) is 10.2. The lowest BCUT2D eigenvalue weighted by atomic mass is 10.1. The van der Waals surface area contributed by atoms with E-state index in [0.29, 0.717) is 12.5 Å². The molecule has 0 saturated carbocycles. The van der Waals surface area contributed by atoms with Gasteiger partial charge in [-0.05, 0) is 31.0 Å². The molecule has 0 aliphatic rings. The van der Waals surface area contributed by atoms with E-state index in [4.69, 9.17) is 10.5 Å². The van der Waals surface area contributed by atoms with Crippen molar-refractivity contribution in [3.05, 3.63) is 64.5 Å². The molecular formula is C20H22N4OS. The number of methoxy groups -OCH3 is 1. The number of rotatable bonds is 6. The third-order valence-corrected chi connectivity index (χ3v) is 4.67. The minimum absolute atomic E-state index is 0.396. The summed E-state index contributed by atoms with van der Waals surface area (Å²) < 4.78 is 5.19. The van der Waals surface area contributed by atoms with Crippen LogP contribution >= 0.6 is 11.3 Å². The Bertz CT molecular complexity index is 887. The van der Waals surface area contributed by atoms with Gasteiger partial charge >= 0.3 is 0 Å². The van der Waals surface area contributed by atoms with E-state index in [1.807, 2.05) is 31.2 Å². The van der Waals surface area contributed by atoms with Gasteiger partial charge in [-0.2, -0.15) is 0 Å². The summed E-state index contributed by atoms with van der Waals surface area (Å²) in [6.45, 7) is 2.64. The zero-order valence-electron chi connectivity index (χ0n) is 14.9. The Morgan fingerprint density at radius 3 is 2.73 bits per heavy atom. The Labute approximate surface area is 157 Å². The summed E-state index contributed by atoms with van der Waals surface area (Å²) in [5, 5.41) is 6.24. The van der Waals surface area contributed by atoms with Gasteiger partial charge in [-0.15, -0.1) is 11.3 Å². The smallest absolute Gasteiger partial charge is 0.193 e. The summed E-state index contributed by atoms with van der Waals surface area (Å²) in [5.74, 6) is 1.17. The van der Waals surface area contributed by atoms with Crippen LogP contribution in [0.3, 0.4) is 0 Å². The standard InChI is InChI=1S/C20H22N4OS/c1-14-23-19(13-26-14)16-8-6-15(7-9-16)10-11-22-20(21)24-17-4-3-5-18(12-17)25-2/h3-9,12-13H,10-11H2,1-2H3,(H3,21,22,24). The maximum atomic E-state index is 5.95. The maximum absolute atomic E-state index is 5.95. The maximum Gasteiger partial charge on any atom is 0.193 e. The second-order valence-corrected chi connectivity index (χ2v) is 6.88. The molecule has 0 amide bonds. The van der Waals surface area contributed by atoms with Crippen molar-refractivity contribution in [2.75, 3.05) is 19.0 Å². The molecule has 6 heteroatoms. The molecule has 5 nitrogen and oxygen atoms in total. The molecular weight excluding hydrogens is 344 g/mol. The van der Waals surface area contributed by atoms with Crippen molar-refractivity contribution in [1.82, 2.24) is 4.98 Å². The largest absolute Gasteiger partial charge is 0.497 e. The number of nitrogens with one attached hydrogen (secondary N) is 1. The van der Waals surface area contributed by atoms with Gasteiger partial charge in [0.25, 0.3) is 0 Å². The van der Waals surface area contributed by atoms with Crippen LogP contribution in [0.2, 0.25) is 0 Å². The van der Waals surface area contributed by atoms with Gasteiger partial charge in [-0.3, -0.25) is 4.99 Å². The fraction of sp³-hybridized carbons (Fsp3) is 0.200. The van der Waals surface area contributed by atoms with Crippen molar-refractivity contribution in [3.63, 3.8) is 0 Å². The first-order valence-electron chi connectivity index (χ1n) is 8.36. The van der Waals surface area contributed by atoms with Gasteiger partial charge in [-0.1, -0.05) is 30.3 Å². The molecule has 0 unspecified atom stereocenters. The van der Waals surface area contributed by atoms with E-state index >= 15 is 0 Å². The predicted octanol–water partition coefficient (Wildman–Crippen LogP) is 4.10. The highest BCUT2D eigenvalue weighted by Gasteiger charge is 2.02. The topological polar surface area (TPSA) is 72.5 Å². The van der Waals surface area contributed by atoms with Gasteiger partial charge in [0.1, 0.15) is 5.75 Å². The minimum atomic E-state index is 0.396. The molecule has 0 fully saturated rings. The summed E-state index contributed by atoms with van der Waals surface area (Å²) >= 11 is 1.67. The summed E-state index contributed by atoms with van der Waals surface area (Å²) in [6, 6.07) is 16.0. The zero-order valence-corrected chi connectivity index (χ0v) is 15.7. The zero-order chi connectivity index (χ0) is 18.4. The summed E-state index contributed by atoms with van der Waals surface area (Å²) in [4.78, 5) is 8.90. The second kappa shape index (κ2) is 8.49. The molecule has 134 valence electrons. The lowest BCUT2D eigenvalue weighted by Crippen LogP contribution is -2.23. The lowest BCUT2D eigenvalue weighted by molar-refractivity contribution is 0.415. The van der Waals surface area contributed by atoms with Gasteiger partial charge < -0.3 is 15.8 Å². The van der Waals surface area contributed by atoms with E-state index in [1.165, 1.54) is 5.56 Å². The van der Waals surface area contributed by atoms with E-state index in [1.54, 1.807) is 18.4 Å². The van der Waals surface area contributed by atoms with Crippen molar-refractivity contribution in [2.24, 2.45) is 10.7 Å². The number of benzene rings is 2. The molecule has 0 bridgehead atoms. The Morgan fingerprint density at radius 1 is 1.23 bits per heavy atom. The van der Waals surface area contributed by atoms with Crippen molar-refractivity contribution < 1.29 is 4.74 Å². The van der Waals surface area contributed by atoms with Gasteiger partial charge in [-0.25, -0.2) is 4.98 Å². The second-order valence-electron chi connectivity index (χ2n) is 5.82. The number of hydrogen-bond acceptors (Lipinski definition) is 4. The van der Waals surface area contributed by atoms with Crippen LogP contribution in [0.15, 0.2) is 58.9 Å². The first-order valence-corrected chi connectivity index (χ1v) is 9.24. The third kappa shape index (κ3) is 4.83. The van der Waals surface area contributed by atoms with E-state index < -0.39 is 0 Å². The molecule has 1 heterocycles. The molecule has 0 radical (unpaired) electrons. The number of anilines is 1. The SMILES string of the molecule is COc1cccc(NC(N)=NCCc2ccc(-c3csc(C)n3)cc2)c1. The van der Waals surface area contributed by atoms with Crippen LogP contribution in [0.25, 0.3) is 11.3 Å². The summed E-state index contributed by atoms with van der Waals surface area (Å²) in [6.07, 6.45) is 0.830. The number of hydrogen-bond donors (Lipinski definition) is 2. The van der Waals surface area contributed by atoms with E-state index in [-0.39, 0.29) is 0 Å². The number of ether oxygens (including phenoxy) is 1. The van der Waals surface area contributed by atoms with Crippen LogP contribution in [-0.4, -0.2) is 24.6 Å². The average molecular weight is 366 g/mol. The quantitative estimate of drug-likeness (QED) is 0.509. The Hall–Kier alpha value is -2.86. The highest BCUT2D eigenvalue weighted by Crippen LogP contribution is 2.22. The molecule has 0 aliphatic heterocycles. The van der Waals surface area contributed by atoms with Crippen LogP contribution in [0.4, 0.5) is 5.69 Å². The number of thiazole rings is 1. The highest BCUT2D eigenvalue weighted by atomic mass is 32.1. The first-order chi connectivity index (χ1) is 12.6. The van der Waals surface area contributed by atoms with Gasteiger partial charge in [0.05, 0.1) is 17.8 Å². The fourth-order valence-electron chi connectivity index (χ4n) is 2.53. The highest BCUT2D eigenvalue weighted by molar-refractivity contribution is 7.09. The van der Waals surface area contributed by atoms with Gasteiger partial charge in [0, 0.05) is 29.2 Å². The predicted molar refractivity (Wildman–Crippen MR) is 109 cm³/mol. The van der Waals surface area contributed by atoms with Gasteiger partial charge in [0.2, 0.25) is 0 Å². The number of aromatic nitrogens is 1. The molecule has 2 aromatic carbocycles. The number of nitrogens with zero attached hydrogens (tertiary/aromatic N) is 2. The molecule has 3 N–H and O–H groups in total. The van der Waals surface area contributed by atoms with Crippen LogP contribution in [0, 0.1) is 6.92 Å². The Morgan fingerprint density at radius 2 is 2.04 bits per heavy atom. The van der Waals surface area contributed by atoms with E-state index in [0.717, 1.165) is 34.1 Å². The van der Waals surface area contributed by atoms with Crippen molar-refractivity contribution >= 4 is 23.0 Å². The number of aryl methyl sites for hydroxylation is 1. The van der Waals surface area contributed by atoms with E-state index in [9.17, 15) is 0 Å². The van der Waals surface area contributed by atoms with Crippen LogP contribution < -0.4 is 15.8 Å². The third-order valence-electron chi connectivity index (χ3n) is 3.89. The number of guanidine groups is 1. The number of nitrogens with two attached hydrogens (primary N) is 1. The van der Waals surface area contributed by atoms with Crippen molar-refractivity contribution in [2.45, 2.75) is 13.3 Å². The monoisotopic (exact) mass is 366 g/mol. The Kier molecular flexibility index (Phi) is 5.86. The molecule has 3 rings (SSSR count). The van der Waals surface area contributed by atoms with Crippen molar-refractivity contribution in [3.8, 4) is 17.0 Å². The molecule has 1 aromatic heterocycles. The lowest BCUT2D eigenvalue weighted by Gasteiger charge is -2.07. The normalized spacial score (nSPS) is 11.4. The fourth-order valence-corrected chi connectivity index (χ4v) is 3.15. The molecule has 3 aromatic rings. The number of aliphatic imine (C=N–C) groups is 1. The molecule has 0 spiro atoms. The molecule has 26 heavy (non-hydrogen) atoms. The molecule has 0 saturated heterocycles. The van der Waals surface area contributed by atoms with Crippen LogP contribution in [-0.2, 0) is 6.42 Å². The Balaban J connectivity index is 1.54. The molecule has 0 aliphatic carbocycles. The first kappa shape index (κ1) is 17.9. The summed E-state index contributed by atoms with van der Waals surface area (Å²) in [7, 11) is 1.64. The van der Waals surface area contributed by atoms with E-state index in [2.05, 4.69) is 44.9 Å².